The van der Waals surface area contributed by atoms with Gasteiger partial charge in [-0.25, -0.2) is 0 Å². The Balaban J connectivity index is 2.50. The van der Waals surface area contributed by atoms with E-state index in [0.29, 0.717) is 15.9 Å². The molecule has 0 bridgehead atoms. The van der Waals surface area contributed by atoms with E-state index in [1.165, 1.54) is 12.3 Å². The molecule has 0 saturated carbocycles. The standard InChI is InChI=1S/C10H10BrNO3/c1-2-3-12-8-4-7(13)10-9(15-8)6(11)5-14-10/h4-5,12H,2-3H2,1H3. The van der Waals surface area contributed by atoms with Crippen LogP contribution in [0.4, 0.5) is 5.88 Å². The van der Waals surface area contributed by atoms with E-state index in [0.717, 1.165) is 13.0 Å². The van der Waals surface area contributed by atoms with Crippen LogP contribution in [-0.2, 0) is 0 Å². The smallest absolute Gasteiger partial charge is 0.230 e. The number of fused-ring (bicyclic) bond motifs is 1. The Morgan fingerprint density at radius 1 is 1.47 bits per heavy atom. The van der Waals surface area contributed by atoms with Gasteiger partial charge in [0, 0.05) is 12.6 Å². The monoisotopic (exact) mass is 271 g/mol. The Hall–Kier alpha value is -1.23. The quantitative estimate of drug-likeness (QED) is 0.933. The molecule has 80 valence electrons. The predicted molar refractivity (Wildman–Crippen MR) is 61.2 cm³/mol. The fraction of sp³-hybridized carbons (Fsp3) is 0.300. The molecule has 0 aliphatic carbocycles. The molecule has 2 aromatic heterocycles. The Morgan fingerprint density at radius 2 is 2.27 bits per heavy atom. The first-order valence-corrected chi connectivity index (χ1v) is 5.46. The average Bonchev–Trinajstić information content (AvgIpc) is 2.58. The van der Waals surface area contributed by atoms with Crippen molar-refractivity contribution in [2.24, 2.45) is 0 Å². The SMILES string of the molecule is CCCNc1cc(=O)c2occ(Br)c2o1. The van der Waals surface area contributed by atoms with Gasteiger partial charge in [0.25, 0.3) is 0 Å². The maximum absolute atomic E-state index is 11.6. The molecular formula is C10H10BrNO3. The summed E-state index contributed by atoms with van der Waals surface area (Å²) in [7, 11) is 0. The van der Waals surface area contributed by atoms with Gasteiger partial charge in [-0.15, -0.1) is 0 Å². The van der Waals surface area contributed by atoms with Crippen molar-refractivity contribution in [3.63, 3.8) is 0 Å². The molecule has 0 spiro atoms. The summed E-state index contributed by atoms with van der Waals surface area (Å²) < 4.78 is 11.2. The van der Waals surface area contributed by atoms with Crippen LogP contribution >= 0.6 is 15.9 Å². The topological polar surface area (TPSA) is 55.4 Å². The normalized spacial score (nSPS) is 10.8. The second-order valence-corrected chi connectivity index (χ2v) is 4.00. The summed E-state index contributed by atoms with van der Waals surface area (Å²) in [6.07, 6.45) is 2.41. The number of anilines is 1. The lowest BCUT2D eigenvalue weighted by molar-refractivity contribution is 0.584. The molecule has 5 heteroatoms. The molecule has 2 heterocycles. The number of rotatable bonds is 3. The summed E-state index contributed by atoms with van der Waals surface area (Å²) >= 11 is 3.25. The number of halogens is 1. The molecule has 2 rings (SSSR count). The third-order valence-corrected chi connectivity index (χ3v) is 2.50. The first-order valence-electron chi connectivity index (χ1n) is 4.67. The van der Waals surface area contributed by atoms with E-state index in [1.54, 1.807) is 0 Å². The molecule has 0 aliphatic heterocycles. The minimum atomic E-state index is -0.180. The van der Waals surface area contributed by atoms with Crippen LogP contribution in [0.15, 0.2) is 30.4 Å². The number of furan rings is 1. The van der Waals surface area contributed by atoms with Gasteiger partial charge >= 0.3 is 0 Å². The van der Waals surface area contributed by atoms with E-state index in [9.17, 15) is 4.79 Å². The minimum absolute atomic E-state index is 0.180. The summed E-state index contributed by atoms with van der Waals surface area (Å²) in [5.74, 6) is 0.469. The van der Waals surface area contributed by atoms with Crippen molar-refractivity contribution in [1.29, 1.82) is 0 Å². The molecule has 0 radical (unpaired) electrons. The van der Waals surface area contributed by atoms with Crippen molar-refractivity contribution in [2.45, 2.75) is 13.3 Å². The number of nitrogens with one attached hydrogen (secondary N) is 1. The molecule has 4 nitrogen and oxygen atoms in total. The van der Waals surface area contributed by atoms with E-state index in [4.69, 9.17) is 8.83 Å². The molecule has 0 aliphatic rings. The van der Waals surface area contributed by atoms with Crippen molar-refractivity contribution < 1.29 is 8.83 Å². The maximum Gasteiger partial charge on any atom is 0.230 e. The van der Waals surface area contributed by atoms with Gasteiger partial charge in [0.05, 0.1) is 4.47 Å². The number of hydrogen-bond acceptors (Lipinski definition) is 4. The highest BCUT2D eigenvalue weighted by molar-refractivity contribution is 9.10. The molecule has 0 unspecified atom stereocenters. The largest absolute Gasteiger partial charge is 0.456 e. The van der Waals surface area contributed by atoms with E-state index < -0.39 is 0 Å². The van der Waals surface area contributed by atoms with Crippen LogP contribution in [0.3, 0.4) is 0 Å². The molecule has 0 atom stereocenters. The van der Waals surface area contributed by atoms with Gasteiger partial charge in [0.15, 0.2) is 11.5 Å². The molecule has 2 aromatic rings. The first kappa shape index (κ1) is 10.3. The first-order chi connectivity index (χ1) is 7.22. The Bertz CT molecular complexity index is 529. The van der Waals surface area contributed by atoms with Crippen LogP contribution in [0.2, 0.25) is 0 Å². The van der Waals surface area contributed by atoms with Crippen LogP contribution in [-0.4, -0.2) is 6.54 Å². The van der Waals surface area contributed by atoms with Crippen molar-refractivity contribution >= 4 is 33.0 Å². The van der Waals surface area contributed by atoms with Crippen LogP contribution in [0, 0.1) is 0 Å². The van der Waals surface area contributed by atoms with Crippen molar-refractivity contribution in [3.8, 4) is 0 Å². The zero-order valence-electron chi connectivity index (χ0n) is 8.17. The molecule has 0 aromatic carbocycles. The molecule has 0 amide bonds. The lowest BCUT2D eigenvalue weighted by Gasteiger charge is -2.01. The van der Waals surface area contributed by atoms with Crippen molar-refractivity contribution in [2.75, 3.05) is 11.9 Å². The van der Waals surface area contributed by atoms with Gasteiger partial charge in [-0.3, -0.25) is 4.79 Å². The van der Waals surface area contributed by atoms with Gasteiger partial charge in [0.1, 0.15) is 6.26 Å². The maximum atomic E-state index is 11.6. The van der Waals surface area contributed by atoms with Crippen molar-refractivity contribution in [3.05, 3.63) is 27.0 Å². The number of hydrogen-bond donors (Lipinski definition) is 1. The molecule has 1 N–H and O–H groups in total. The second kappa shape index (κ2) is 4.10. The molecule has 15 heavy (non-hydrogen) atoms. The summed E-state index contributed by atoms with van der Waals surface area (Å²) in [5, 5.41) is 3.02. The molecule has 0 saturated heterocycles. The zero-order valence-corrected chi connectivity index (χ0v) is 9.76. The zero-order chi connectivity index (χ0) is 10.8. The highest BCUT2D eigenvalue weighted by atomic mass is 79.9. The highest BCUT2D eigenvalue weighted by Gasteiger charge is 2.11. The van der Waals surface area contributed by atoms with Crippen LogP contribution in [0.1, 0.15) is 13.3 Å². The third-order valence-electron chi connectivity index (χ3n) is 1.95. The van der Waals surface area contributed by atoms with E-state index in [1.807, 2.05) is 6.92 Å². The molecular weight excluding hydrogens is 262 g/mol. The van der Waals surface area contributed by atoms with Crippen LogP contribution in [0.25, 0.3) is 11.2 Å². The van der Waals surface area contributed by atoms with Crippen LogP contribution in [0.5, 0.6) is 0 Å². The fourth-order valence-corrected chi connectivity index (χ4v) is 1.61. The van der Waals surface area contributed by atoms with E-state index >= 15 is 0 Å². The van der Waals surface area contributed by atoms with Gasteiger partial charge in [0.2, 0.25) is 11.0 Å². The second-order valence-electron chi connectivity index (χ2n) is 3.14. The van der Waals surface area contributed by atoms with E-state index in [-0.39, 0.29) is 11.0 Å². The lowest BCUT2D eigenvalue weighted by atomic mass is 10.4. The Labute approximate surface area is 94.4 Å². The summed E-state index contributed by atoms with van der Waals surface area (Å²) in [6, 6.07) is 1.40. The minimum Gasteiger partial charge on any atom is -0.456 e. The molecule has 0 fully saturated rings. The average molecular weight is 272 g/mol. The summed E-state index contributed by atoms with van der Waals surface area (Å²) in [5.41, 5.74) is 0.505. The van der Waals surface area contributed by atoms with Gasteiger partial charge in [-0.2, -0.15) is 0 Å². The van der Waals surface area contributed by atoms with Gasteiger partial charge < -0.3 is 14.2 Å². The Morgan fingerprint density at radius 3 is 3.00 bits per heavy atom. The lowest BCUT2D eigenvalue weighted by Crippen LogP contribution is -2.04. The van der Waals surface area contributed by atoms with Crippen molar-refractivity contribution in [1.82, 2.24) is 0 Å². The summed E-state index contributed by atoms with van der Waals surface area (Å²) in [4.78, 5) is 11.6. The summed E-state index contributed by atoms with van der Waals surface area (Å²) in [6.45, 7) is 2.81. The van der Waals surface area contributed by atoms with Crippen LogP contribution < -0.4 is 10.7 Å². The highest BCUT2D eigenvalue weighted by Crippen LogP contribution is 2.25. The third kappa shape index (κ3) is 1.92. The fourth-order valence-electron chi connectivity index (χ4n) is 1.25. The van der Waals surface area contributed by atoms with Gasteiger partial charge in [-0.1, -0.05) is 6.92 Å². The Kier molecular flexibility index (Phi) is 2.81. The van der Waals surface area contributed by atoms with Gasteiger partial charge in [-0.05, 0) is 22.4 Å². The predicted octanol–water partition coefficient (Wildman–Crippen LogP) is 2.97. The van der Waals surface area contributed by atoms with E-state index in [2.05, 4.69) is 21.2 Å².